The van der Waals surface area contributed by atoms with Crippen LogP contribution in [0.5, 0.6) is 0 Å². The monoisotopic (exact) mass is 520 g/mol. The average Bonchev–Trinajstić information content (AvgIpc) is 3.37. The molecule has 0 atom stereocenters. The molecule has 1 aromatic rings. The van der Waals surface area contributed by atoms with Crippen LogP contribution in [0.2, 0.25) is 0 Å². The first-order chi connectivity index (χ1) is 18.6. The second-order valence-corrected chi connectivity index (χ2v) is 10.5. The van der Waals surface area contributed by atoms with Crippen LogP contribution in [0.4, 0.5) is 0 Å². The van der Waals surface area contributed by atoms with Gasteiger partial charge in [-0.1, -0.05) is 134 Å². The normalized spacial score (nSPS) is 15.6. The van der Waals surface area contributed by atoms with Gasteiger partial charge in [0.15, 0.2) is 0 Å². The highest BCUT2D eigenvalue weighted by Crippen LogP contribution is 2.33. The Morgan fingerprint density at radius 2 is 1.00 bits per heavy atom. The Morgan fingerprint density at radius 1 is 0.553 bits per heavy atom. The number of amides is 4. The number of rotatable bonds is 19. The molecule has 6 nitrogen and oxygen atoms in total. The van der Waals surface area contributed by atoms with Gasteiger partial charge in [0.05, 0.1) is 5.57 Å². The molecule has 206 valence electrons. The molecule has 0 bridgehead atoms. The van der Waals surface area contributed by atoms with Crippen LogP contribution in [0.3, 0.4) is 0 Å². The van der Waals surface area contributed by atoms with E-state index < -0.39 is 23.6 Å². The Morgan fingerprint density at radius 3 is 1.47 bits per heavy atom. The zero-order valence-corrected chi connectivity index (χ0v) is 23.1. The zero-order valence-electron chi connectivity index (χ0n) is 23.1. The summed E-state index contributed by atoms with van der Waals surface area (Å²) in [5.41, 5.74) is 0.526. The number of hydrogen-bond acceptors (Lipinski definition) is 4. The van der Waals surface area contributed by atoms with E-state index >= 15 is 0 Å². The Bertz CT molecular complexity index is 994. The van der Waals surface area contributed by atoms with Crippen molar-refractivity contribution in [3.05, 3.63) is 53.7 Å². The second-order valence-electron chi connectivity index (χ2n) is 10.5. The molecule has 0 fully saturated rings. The maximum Gasteiger partial charge on any atom is 0.278 e. The summed E-state index contributed by atoms with van der Waals surface area (Å²) in [6.07, 6.45) is 22.3. The van der Waals surface area contributed by atoms with Gasteiger partial charge in [-0.25, -0.2) is 4.90 Å². The second kappa shape index (κ2) is 16.1. The Labute approximate surface area is 228 Å². The van der Waals surface area contributed by atoms with Crippen LogP contribution < -0.4 is 0 Å². The SMILES string of the molecule is CCCCCCCCCCCCCCCCCCN1C(=O)C(c2ccccc2)=C(N2C(=O)C=CC2=O)C1=O. The first kappa shape index (κ1) is 29.5. The van der Waals surface area contributed by atoms with Gasteiger partial charge in [0.2, 0.25) is 0 Å². The van der Waals surface area contributed by atoms with Gasteiger partial charge in [0.1, 0.15) is 5.70 Å². The van der Waals surface area contributed by atoms with Gasteiger partial charge in [-0.15, -0.1) is 0 Å². The predicted molar refractivity (Wildman–Crippen MR) is 151 cm³/mol. The zero-order chi connectivity index (χ0) is 27.2. The molecule has 0 radical (unpaired) electrons. The first-order valence-corrected chi connectivity index (χ1v) is 14.8. The third kappa shape index (κ3) is 8.24. The predicted octanol–water partition coefficient (Wildman–Crippen LogP) is 6.95. The van der Waals surface area contributed by atoms with Crippen LogP contribution >= 0.6 is 0 Å². The molecule has 0 spiro atoms. The summed E-state index contributed by atoms with van der Waals surface area (Å²) < 4.78 is 0. The van der Waals surface area contributed by atoms with Crippen molar-refractivity contribution in [3.63, 3.8) is 0 Å². The highest BCUT2D eigenvalue weighted by Gasteiger charge is 2.45. The van der Waals surface area contributed by atoms with E-state index in [4.69, 9.17) is 0 Å². The van der Waals surface area contributed by atoms with Crippen molar-refractivity contribution in [3.8, 4) is 0 Å². The summed E-state index contributed by atoms with van der Waals surface area (Å²) in [6.45, 7) is 2.55. The van der Waals surface area contributed by atoms with Crippen molar-refractivity contribution in [1.29, 1.82) is 0 Å². The van der Waals surface area contributed by atoms with E-state index in [0.29, 0.717) is 18.5 Å². The molecule has 3 rings (SSSR count). The number of carbonyl (C=O) groups excluding carboxylic acids is 4. The van der Waals surface area contributed by atoms with Crippen LogP contribution in [0, 0.1) is 0 Å². The first-order valence-electron chi connectivity index (χ1n) is 14.8. The highest BCUT2D eigenvalue weighted by molar-refractivity contribution is 6.38. The summed E-state index contributed by atoms with van der Waals surface area (Å²) in [5.74, 6) is -2.20. The largest absolute Gasteiger partial charge is 0.278 e. The summed E-state index contributed by atoms with van der Waals surface area (Å²) in [7, 11) is 0. The molecule has 0 aliphatic carbocycles. The van der Waals surface area contributed by atoms with E-state index in [1.807, 2.05) is 6.07 Å². The minimum Gasteiger partial charge on any atom is -0.273 e. The minimum atomic E-state index is -0.594. The minimum absolute atomic E-state index is 0.123. The third-order valence-corrected chi connectivity index (χ3v) is 7.47. The van der Waals surface area contributed by atoms with Gasteiger partial charge in [-0.2, -0.15) is 0 Å². The molecule has 4 amide bonds. The Balaban J connectivity index is 1.34. The molecule has 38 heavy (non-hydrogen) atoms. The third-order valence-electron chi connectivity index (χ3n) is 7.47. The molecule has 0 unspecified atom stereocenters. The molecule has 0 saturated heterocycles. The molecule has 2 heterocycles. The van der Waals surface area contributed by atoms with Crippen LogP contribution in [0.1, 0.15) is 115 Å². The number of benzene rings is 1. The lowest BCUT2D eigenvalue weighted by Crippen LogP contribution is -2.38. The summed E-state index contributed by atoms with van der Waals surface area (Å²) in [4.78, 5) is 53.2. The van der Waals surface area contributed by atoms with Crippen molar-refractivity contribution in [2.75, 3.05) is 6.54 Å². The number of carbonyl (C=O) groups is 4. The van der Waals surface area contributed by atoms with Gasteiger partial charge < -0.3 is 0 Å². The molecule has 0 aromatic heterocycles. The summed E-state index contributed by atoms with van der Waals surface area (Å²) in [6, 6.07) is 8.78. The lowest BCUT2D eigenvalue weighted by atomic mass is 10.0. The standard InChI is InChI=1S/C32H44N2O4/c1-2-3-4-5-6-7-8-9-10-11-12-13-14-15-16-20-25-33-31(37)29(26-21-18-17-19-22-26)30(32(33)38)34-27(35)23-24-28(34)36/h17-19,21-24H,2-16,20,25H2,1H3. The van der Waals surface area contributed by atoms with E-state index in [1.165, 1.54) is 88.4 Å². The van der Waals surface area contributed by atoms with E-state index in [9.17, 15) is 19.2 Å². The maximum atomic E-state index is 13.3. The topological polar surface area (TPSA) is 74.8 Å². The molecule has 2 aliphatic rings. The van der Waals surface area contributed by atoms with Gasteiger partial charge in [0.25, 0.3) is 23.6 Å². The van der Waals surface area contributed by atoms with Crippen molar-refractivity contribution >= 4 is 29.2 Å². The molecule has 0 N–H and O–H groups in total. The van der Waals surface area contributed by atoms with E-state index in [1.54, 1.807) is 24.3 Å². The highest BCUT2D eigenvalue weighted by atomic mass is 16.2. The van der Waals surface area contributed by atoms with E-state index in [-0.39, 0.29) is 11.3 Å². The molecular formula is C32H44N2O4. The molecule has 1 aromatic carbocycles. The van der Waals surface area contributed by atoms with Crippen molar-refractivity contribution in [2.45, 2.75) is 110 Å². The molecular weight excluding hydrogens is 476 g/mol. The number of unbranched alkanes of at least 4 members (excludes halogenated alkanes) is 15. The van der Waals surface area contributed by atoms with E-state index in [0.717, 1.165) is 29.9 Å². The quantitative estimate of drug-likeness (QED) is 0.146. The van der Waals surface area contributed by atoms with Gasteiger partial charge in [0, 0.05) is 18.7 Å². The van der Waals surface area contributed by atoms with Crippen LogP contribution in [-0.4, -0.2) is 40.0 Å². The molecule has 2 aliphatic heterocycles. The van der Waals surface area contributed by atoms with Crippen molar-refractivity contribution in [1.82, 2.24) is 9.80 Å². The number of imide groups is 2. The van der Waals surface area contributed by atoms with Crippen LogP contribution in [-0.2, 0) is 19.2 Å². The van der Waals surface area contributed by atoms with Crippen LogP contribution in [0.15, 0.2) is 48.2 Å². The van der Waals surface area contributed by atoms with Crippen molar-refractivity contribution in [2.24, 2.45) is 0 Å². The molecule has 0 saturated carbocycles. The van der Waals surface area contributed by atoms with Gasteiger partial charge in [-0.3, -0.25) is 24.1 Å². The van der Waals surface area contributed by atoms with Crippen molar-refractivity contribution < 1.29 is 19.2 Å². The smallest absolute Gasteiger partial charge is 0.273 e. The van der Waals surface area contributed by atoms with Crippen LogP contribution in [0.25, 0.3) is 5.57 Å². The van der Waals surface area contributed by atoms with Gasteiger partial charge in [-0.05, 0) is 12.0 Å². The fourth-order valence-electron chi connectivity index (χ4n) is 5.28. The fourth-order valence-corrected chi connectivity index (χ4v) is 5.28. The fraction of sp³-hybridized carbons (Fsp3) is 0.562. The molecule has 6 heteroatoms. The lowest BCUT2D eigenvalue weighted by molar-refractivity contribution is -0.142. The lowest BCUT2D eigenvalue weighted by Gasteiger charge is -2.17. The Kier molecular flexibility index (Phi) is 12.5. The van der Waals surface area contributed by atoms with E-state index in [2.05, 4.69) is 6.92 Å². The summed E-state index contributed by atoms with van der Waals surface area (Å²) >= 11 is 0. The Hall–Kier alpha value is -3.02. The number of hydrogen-bond donors (Lipinski definition) is 0. The average molecular weight is 521 g/mol. The number of nitrogens with zero attached hydrogens (tertiary/aromatic N) is 2. The maximum absolute atomic E-state index is 13.3. The summed E-state index contributed by atoms with van der Waals surface area (Å²) in [5, 5.41) is 0. The van der Waals surface area contributed by atoms with Gasteiger partial charge >= 0.3 is 0 Å².